The van der Waals surface area contributed by atoms with Gasteiger partial charge in [-0.3, -0.25) is 4.90 Å². The first-order valence-electron chi connectivity index (χ1n) is 16.1. The number of ether oxygens (including phenoxy) is 3. The van der Waals surface area contributed by atoms with E-state index in [9.17, 15) is 18.8 Å². The fourth-order valence-electron chi connectivity index (χ4n) is 7.72. The fraction of sp³-hybridized carbons (Fsp3) is 0.455. The zero-order chi connectivity index (χ0) is 34.2. The van der Waals surface area contributed by atoms with Gasteiger partial charge in [0.15, 0.2) is 11.6 Å². The molecule has 0 spiro atoms. The third-order valence-electron chi connectivity index (χ3n) is 10.1. The topological polar surface area (TPSA) is 130 Å². The van der Waals surface area contributed by atoms with Crippen molar-refractivity contribution in [2.75, 3.05) is 63.2 Å². The van der Waals surface area contributed by atoms with Gasteiger partial charge in [-0.15, -0.1) is 11.3 Å². The predicted molar refractivity (Wildman–Crippen MR) is 178 cm³/mol. The van der Waals surface area contributed by atoms with Gasteiger partial charge in [0.2, 0.25) is 0 Å². The van der Waals surface area contributed by atoms with E-state index in [1.54, 1.807) is 4.90 Å². The number of halogens is 4. The second-order valence-electron chi connectivity index (χ2n) is 13.0. The highest BCUT2D eigenvalue weighted by molar-refractivity contribution is 7.23. The van der Waals surface area contributed by atoms with E-state index < -0.39 is 29.4 Å². The first-order valence-corrected chi connectivity index (χ1v) is 17.3. The van der Waals surface area contributed by atoms with Gasteiger partial charge in [-0.1, -0.05) is 17.7 Å². The predicted octanol–water partition coefficient (Wildman–Crippen LogP) is 5.89. The largest absolute Gasteiger partial charge is 0.489 e. The van der Waals surface area contributed by atoms with Crippen LogP contribution in [0.1, 0.15) is 31.7 Å². The van der Waals surface area contributed by atoms with Gasteiger partial charge in [0, 0.05) is 37.0 Å². The number of rotatable bonds is 7. The number of aromatic nitrogens is 2. The van der Waals surface area contributed by atoms with Crippen LogP contribution >= 0.6 is 22.9 Å². The van der Waals surface area contributed by atoms with E-state index >= 15 is 4.39 Å². The summed E-state index contributed by atoms with van der Waals surface area (Å²) in [7, 11) is 0. The molecule has 0 bridgehead atoms. The van der Waals surface area contributed by atoms with Crippen molar-refractivity contribution in [1.82, 2.24) is 19.8 Å². The first-order chi connectivity index (χ1) is 23.6. The first kappa shape index (κ1) is 32.0. The zero-order valence-electron chi connectivity index (χ0n) is 26.4. The molecule has 0 aliphatic carbocycles. The van der Waals surface area contributed by atoms with Crippen LogP contribution in [0.15, 0.2) is 12.1 Å². The molecule has 0 saturated carbocycles. The molecule has 0 radical (unpaired) electrons. The fourth-order valence-corrected chi connectivity index (χ4v) is 9.00. The molecule has 4 aliphatic rings. The van der Waals surface area contributed by atoms with E-state index in [-0.39, 0.29) is 91.1 Å². The van der Waals surface area contributed by atoms with Gasteiger partial charge in [0.25, 0.3) is 0 Å². The number of amides is 1. The summed E-state index contributed by atoms with van der Waals surface area (Å²) in [6.45, 7) is 4.54. The Morgan fingerprint density at radius 1 is 1.22 bits per heavy atom. The Balaban J connectivity index is 1.31. The average Bonchev–Trinajstić information content (AvgIpc) is 3.81. The van der Waals surface area contributed by atoms with Crippen molar-refractivity contribution in [2.45, 2.75) is 43.9 Å². The normalized spacial score (nSPS) is 23.6. The maximum Gasteiger partial charge on any atom is 0.409 e. The van der Waals surface area contributed by atoms with Crippen LogP contribution in [0, 0.1) is 23.0 Å². The van der Waals surface area contributed by atoms with Crippen molar-refractivity contribution in [1.29, 1.82) is 5.26 Å². The van der Waals surface area contributed by atoms with Crippen LogP contribution < -0.4 is 20.1 Å². The Kier molecular flexibility index (Phi) is 7.80. The van der Waals surface area contributed by atoms with E-state index in [2.05, 4.69) is 9.88 Å². The molecule has 3 fully saturated rings. The van der Waals surface area contributed by atoms with Gasteiger partial charge >= 0.3 is 12.1 Å². The molecule has 49 heavy (non-hydrogen) atoms. The number of carbonyl (C=O) groups excluding carboxylic acids is 1. The molecule has 16 heteroatoms. The van der Waals surface area contributed by atoms with Crippen LogP contribution in [0.5, 0.6) is 11.8 Å². The molecule has 4 aromatic rings. The molecule has 6 heterocycles. The summed E-state index contributed by atoms with van der Waals surface area (Å²) in [4.78, 5) is 27.2. The van der Waals surface area contributed by atoms with Gasteiger partial charge in [0.05, 0.1) is 38.8 Å². The number of alkyl halides is 1. The maximum atomic E-state index is 17.2. The van der Waals surface area contributed by atoms with Gasteiger partial charge in [-0.2, -0.15) is 15.2 Å². The number of thiophene rings is 1. The number of hydrogen-bond donors (Lipinski definition) is 1. The highest BCUT2D eigenvalue weighted by Gasteiger charge is 2.49. The minimum atomic E-state index is -0.974. The van der Waals surface area contributed by atoms with Crippen LogP contribution in [-0.4, -0.2) is 96.2 Å². The number of nitriles is 1. The van der Waals surface area contributed by atoms with Crippen molar-refractivity contribution < 1.29 is 32.2 Å². The molecule has 11 nitrogen and oxygen atoms in total. The molecule has 1 amide bonds. The van der Waals surface area contributed by atoms with E-state index in [1.807, 2.05) is 17.9 Å². The lowest BCUT2D eigenvalue weighted by molar-refractivity contribution is 0.107. The van der Waals surface area contributed by atoms with Crippen LogP contribution in [0.4, 0.5) is 28.8 Å². The number of cyclic esters (lactones) is 1. The minimum absolute atomic E-state index is 0.00703. The van der Waals surface area contributed by atoms with E-state index in [4.69, 9.17) is 36.5 Å². The lowest BCUT2D eigenvalue weighted by atomic mass is 9.95. The third kappa shape index (κ3) is 5.06. The number of anilines is 2. The SMILES string of the molecule is C[C@H]1COc2c(Cl)c(-c3ccc(F)c4sc(N)c(C#N)c34)c(F)c3nc(OC[C@@]45CCCN4C[C@H](F)C5)nc(c23)N1CCN1CCOC1=O. The Labute approximate surface area is 287 Å². The van der Waals surface area contributed by atoms with E-state index in [0.717, 1.165) is 30.7 Å². The van der Waals surface area contributed by atoms with Crippen LogP contribution in [-0.2, 0) is 4.74 Å². The summed E-state index contributed by atoms with van der Waals surface area (Å²) in [6, 6.07) is 4.10. The van der Waals surface area contributed by atoms with Gasteiger partial charge in [-0.25, -0.2) is 18.0 Å². The van der Waals surface area contributed by atoms with Crippen molar-refractivity contribution in [2.24, 2.45) is 0 Å². The van der Waals surface area contributed by atoms with Crippen molar-refractivity contribution in [3.8, 4) is 29.0 Å². The molecular weight excluding hydrogens is 683 g/mol. The quantitative estimate of drug-likeness (QED) is 0.247. The number of fused-ring (bicyclic) bond motifs is 2. The number of benzene rings is 2. The van der Waals surface area contributed by atoms with E-state index in [0.29, 0.717) is 32.6 Å². The second kappa shape index (κ2) is 12.0. The molecule has 3 saturated heterocycles. The molecule has 2 N–H and O–H groups in total. The summed E-state index contributed by atoms with van der Waals surface area (Å²) in [6.07, 6.45) is 0.583. The number of nitrogen functional groups attached to an aromatic ring is 1. The van der Waals surface area contributed by atoms with Crippen LogP contribution in [0.2, 0.25) is 5.02 Å². The van der Waals surface area contributed by atoms with Gasteiger partial charge in [-0.05, 0) is 37.9 Å². The van der Waals surface area contributed by atoms with Crippen LogP contribution in [0.25, 0.3) is 32.1 Å². The Bertz CT molecular complexity index is 2080. The number of nitrogens with zero attached hydrogens (tertiary/aromatic N) is 6. The van der Waals surface area contributed by atoms with Crippen molar-refractivity contribution >= 4 is 60.8 Å². The third-order valence-corrected chi connectivity index (χ3v) is 11.5. The molecular formula is C33H31ClF3N7O4S. The van der Waals surface area contributed by atoms with Gasteiger partial charge < -0.3 is 29.7 Å². The van der Waals surface area contributed by atoms with Crippen LogP contribution in [0.3, 0.4) is 0 Å². The highest BCUT2D eigenvalue weighted by Crippen LogP contribution is 2.51. The minimum Gasteiger partial charge on any atom is -0.489 e. The average molecular weight is 714 g/mol. The van der Waals surface area contributed by atoms with Crippen molar-refractivity contribution in [3.63, 3.8) is 0 Å². The molecule has 4 aliphatic heterocycles. The summed E-state index contributed by atoms with van der Waals surface area (Å²) in [5.74, 6) is -1.07. The maximum absolute atomic E-state index is 17.2. The standard InChI is InChI=1S/C33H31ClF3N7O4S/c1-16-14-47-27-23-26(25(37)22(24(27)34)18-3-4-20(36)28-21(18)19(12-38)29(39)49-28)40-31(48-15-33-5-2-6-43(33)13-17(35)11-33)41-30(23)44(16)8-7-42-9-10-46-32(42)45/h3-4,16-17H,2,5-11,13-15,39H2,1H3/t16-,17+,33-/m0/s1. The Morgan fingerprint density at radius 3 is 2.84 bits per heavy atom. The monoisotopic (exact) mass is 713 g/mol. The summed E-state index contributed by atoms with van der Waals surface area (Å²) < 4.78 is 64.5. The summed E-state index contributed by atoms with van der Waals surface area (Å²) in [5, 5.41) is 10.2. The smallest absolute Gasteiger partial charge is 0.409 e. The number of carbonyl (C=O) groups is 1. The zero-order valence-corrected chi connectivity index (χ0v) is 28.0. The number of hydrogen-bond acceptors (Lipinski definition) is 11. The molecule has 8 rings (SSSR count). The van der Waals surface area contributed by atoms with Gasteiger partial charge in [0.1, 0.15) is 54.2 Å². The summed E-state index contributed by atoms with van der Waals surface area (Å²) in [5.41, 5.74) is 5.43. The second-order valence-corrected chi connectivity index (χ2v) is 14.4. The molecule has 2 aromatic carbocycles. The lowest BCUT2D eigenvalue weighted by Crippen LogP contribution is -2.44. The van der Waals surface area contributed by atoms with E-state index in [1.165, 1.54) is 12.1 Å². The molecule has 0 unspecified atom stereocenters. The lowest BCUT2D eigenvalue weighted by Gasteiger charge is -2.32. The summed E-state index contributed by atoms with van der Waals surface area (Å²) >= 11 is 7.91. The molecule has 2 aromatic heterocycles. The Hall–Kier alpha value is -4.26. The highest BCUT2D eigenvalue weighted by atomic mass is 35.5. The Morgan fingerprint density at radius 2 is 2.06 bits per heavy atom. The molecule has 3 atom stereocenters. The van der Waals surface area contributed by atoms with Crippen molar-refractivity contribution in [3.05, 3.63) is 34.4 Å². The molecule has 256 valence electrons. The number of nitrogens with two attached hydrogens (primary N) is 1.